The van der Waals surface area contributed by atoms with Crippen molar-refractivity contribution in [3.8, 4) is 0 Å². The van der Waals surface area contributed by atoms with Gasteiger partial charge in [-0.05, 0) is 40.8 Å². The molecule has 2 unspecified atom stereocenters. The predicted molar refractivity (Wildman–Crippen MR) is 73.7 cm³/mol. The second-order valence-corrected chi connectivity index (χ2v) is 5.88. The highest BCUT2D eigenvalue weighted by atomic mass is 79.9. The van der Waals surface area contributed by atoms with Crippen molar-refractivity contribution in [2.75, 3.05) is 5.32 Å². The van der Waals surface area contributed by atoms with Crippen LogP contribution in [0.4, 0.5) is 14.5 Å². The van der Waals surface area contributed by atoms with Crippen LogP contribution in [0.2, 0.25) is 0 Å². The van der Waals surface area contributed by atoms with Gasteiger partial charge in [0.15, 0.2) is 0 Å². The van der Waals surface area contributed by atoms with Crippen molar-refractivity contribution < 1.29 is 8.78 Å². The minimum Gasteiger partial charge on any atom is -0.380 e. The van der Waals surface area contributed by atoms with E-state index in [0.717, 1.165) is 24.8 Å². The van der Waals surface area contributed by atoms with E-state index in [2.05, 4.69) is 28.2 Å². The van der Waals surface area contributed by atoms with Crippen molar-refractivity contribution in [1.82, 2.24) is 0 Å². The van der Waals surface area contributed by atoms with Gasteiger partial charge in [-0.25, -0.2) is 8.78 Å². The van der Waals surface area contributed by atoms with E-state index in [4.69, 9.17) is 0 Å². The first-order valence-corrected chi connectivity index (χ1v) is 7.30. The number of benzene rings is 1. The van der Waals surface area contributed by atoms with Crippen molar-refractivity contribution in [1.29, 1.82) is 0 Å². The standard InChI is InChI=1S/C14H18BrF2N/c1-2-9-4-3-5-10(6-9)18-14-7-11(15)12(16)8-13(14)17/h7-10,18H,2-6H2,1H3. The molecule has 1 aliphatic rings. The zero-order chi connectivity index (χ0) is 13.1. The SMILES string of the molecule is CCC1CCCC(Nc2cc(Br)c(F)cc2F)C1. The number of hydrogen-bond donors (Lipinski definition) is 1. The molecule has 1 nitrogen and oxygen atoms in total. The fourth-order valence-electron chi connectivity index (χ4n) is 2.65. The Morgan fingerprint density at radius 2 is 2.06 bits per heavy atom. The molecule has 100 valence electrons. The average Bonchev–Trinajstić information content (AvgIpc) is 2.36. The molecule has 1 aromatic carbocycles. The molecular weight excluding hydrogens is 300 g/mol. The topological polar surface area (TPSA) is 12.0 Å². The summed E-state index contributed by atoms with van der Waals surface area (Å²) in [4.78, 5) is 0. The Balaban J connectivity index is 2.07. The van der Waals surface area contributed by atoms with E-state index in [0.29, 0.717) is 16.2 Å². The normalized spacial score (nSPS) is 24.0. The second-order valence-electron chi connectivity index (χ2n) is 5.03. The highest BCUT2D eigenvalue weighted by Crippen LogP contribution is 2.30. The molecule has 0 amide bonds. The molecule has 1 aromatic rings. The van der Waals surface area contributed by atoms with Gasteiger partial charge in [0, 0.05) is 12.1 Å². The smallest absolute Gasteiger partial charge is 0.149 e. The summed E-state index contributed by atoms with van der Waals surface area (Å²) in [5.74, 6) is -0.356. The maximum Gasteiger partial charge on any atom is 0.149 e. The van der Waals surface area contributed by atoms with Crippen molar-refractivity contribution >= 4 is 21.6 Å². The summed E-state index contributed by atoms with van der Waals surface area (Å²) < 4.78 is 27.1. The molecule has 0 aromatic heterocycles. The van der Waals surface area contributed by atoms with Crippen LogP contribution in [0.3, 0.4) is 0 Å². The molecule has 1 saturated carbocycles. The minimum atomic E-state index is -0.562. The van der Waals surface area contributed by atoms with E-state index in [1.54, 1.807) is 0 Å². The fraction of sp³-hybridized carbons (Fsp3) is 0.571. The van der Waals surface area contributed by atoms with Gasteiger partial charge >= 0.3 is 0 Å². The van der Waals surface area contributed by atoms with Gasteiger partial charge in [0.2, 0.25) is 0 Å². The van der Waals surface area contributed by atoms with Crippen molar-refractivity contribution in [2.45, 2.75) is 45.1 Å². The monoisotopic (exact) mass is 317 g/mol. The zero-order valence-corrected chi connectivity index (χ0v) is 12.1. The van der Waals surface area contributed by atoms with Gasteiger partial charge in [0.05, 0.1) is 10.2 Å². The van der Waals surface area contributed by atoms with E-state index in [1.807, 2.05) is 0 Å². The molecule has 1 N–H and O–H groups in total. The van der Waals surface area contributed by atoms with Gasteiger partial charge in [0.1, 0.15) is 11.6 Å². The first-order valence-electron chi connectivity index (χ1n) is 6.51. The van der Waals surface area contributed by atoms with Gasteiger partial charge < -0.3 is 5.32 Å². The molecule has 2 atom stereocenters. The van der Waals surface area contributed by atoms with Crippen LogP contribution in [0.5, 0.6) is 0 Å². The molecular formula is C14H18BrF2N. The number of halogens is 3. The summed E-state index contributed by atoms with van der Waals surface area (Å²) in [7, 11) is 0. The lowest BCUT2D eigenvalue weighted by atomic mass is 9.84. The maximum absolute atomic E-state index is 13.6. The maximum atomic E-state index is 13.6. The number of nitrogens with one attached hydrogen (secondary N) is 1. The Bertz CT molecular complexity index is 423. The van der Waals surface area contributed by atoms with Crippen LogP contribution in [0.25, 0.3) is 0 Å². The van der Waals surface area contributed by atoms with E-state index >= 15 is 0 Å². The summed E-state index contributed by atoms with van der Waals surface area (Å²) in [6, 6.07) is 2.71. The summed E-state index contributed by atoms with van der Waals surface area (Å²) in [6.45, 7) is 2.20. The summed E-state index contributed by atoms with van der Waals surface area (Å²) in [5, 5.41) is 3.21. The number of hydrogen-bond acceptors (Lipinski definition) is 1. The van der Waals surface area contributed by atoms with Crippen LogP contribution in [0.15, 0.2) is 16.6 Å². The molecule has 2 rings (SSSR count). The molecule has 4 heteroatoms. The first-order chi connectivity index (χ1) is 8.60. The number of anilines is 1. The molecule has 0 saturated heterocycles. The van der Waals surface area contributed by atoms with E-state index in [1.165, 1.54) is 25.3 Å². The van der Waals surface area contributed by atoms with E-state index < -0.39 is 11.6 Å². The van der Waals surface area contributed by atoms with Crippen LogP contribution in [-0.4, -0.2) is 6.04 Å². The lowest BCUT2D eigenvalue weighted by Gasteiger charge is -2.30. The summed E-state index contributed by atoms with van der Waals surface area (Å²) in [6.07, 6.45) is 5.76. The Hall–Kier alpha value is -0.640. The molecule has 0 spiro atoms. The predicted octanol–water partition coefficient (Wildman–Crippen LogP) is 5.11. The fourth-order valence-corrected chi connectivity index (χ4v) is 2.99. The van der Waals surface area contributed by atoms with Crippen LogP contribution < -0.4 is 5.32 Å². The molecule has 1 fully saturated rings. The lowest BCUT2D eigenvalue weighted by molar-refractivity contribution is 0.327. The van der Waals surface area contributed by atoms with Gasteiger partial charge in [0.25, 0.3) is 0 Å². The zero-order valence-electron chi connectivity index (χ0n) is 10.5. The second kappa shape index (κ2) is 6.00. The van der Waals surface area contributed by atoms with E-state index in [-0.39, 0.29) is 0 Å². The third-order valence-electron chi connectivity index (χ3n) is 3.73. The molecule has 1 aliphatic carbocycles. The first kappa shape index (κ1) is 13.8. The van der Waals surface area contributed by atoms with Gasteiger partial charge in [-0.15, -0.1) is 0 Å². The Kier molecular flexibility index (Phi) is 4.60. The third-order valence-corrected chi connectivity index (χ3v) is 4.34. The lowest BCUT2D eigenvalue weighted by Crippen LogP contribution is -2.27. The van der Waals surface area contributed by atoms with Crippen molar-refractivity contribution in [3.63, 3.8) is 0 Å². The third kappa shape index (κ3) is 3.22. The van der Waals surface area contributed by atoms with Crippen molar-refractivity contribution in [2.24, 2.45) is 5.92 Å². The van der Waals surface area contributed by atoms with Crippen molar-refractivity contribution in [3.05, 3.63) is 28.2 Å². The summed E-state index contributed by atoms with van der Waals surface area (Å²) >= 11 is 3.09. The average molecular weight is 318 g/mol. The Labute approximate surface area is 115 Å². The highest BCUT2D eigenvalue weighted by molar-refractivity contribution is 9.10. The molecule has 18 heavy (non-hydrogen) atoms. The minimum absolute atomic E-state index is 0.300. The van der Waals surface area contributed by atoms with Crippen LogP contribution in [0, 0.1) is 17.6 Å². The molecule has 0 aliphatic heterocycles. The molecule has 0 heterocycles. The number of rotatable bonds is 3. The van der Waals surface area contributed by atoms with Crippen LogP contribution in [0.1, 0.15) is 39.0 Å². The Morgan fingerprint density at radius 3 is 2.78 bits per heavy atom. The van der Waals surface area contributed by atoms with Gasteiger partial charge in [-0.1, -0.05) is 26.2 Å². The Morgan fingerprint density at radius 1 is 1.28 bits per heavy atom. The van der Waals surface area contributed by atoms with Crippen LogP contribution in [-0.2, 0) is 0 Å². The highest BCUT2D eigenvalue weighted by Gasteiger charge is 2.21. The molecule has 0 bridgehead atoms. The van der Waals surface area contributed by atoms with Gasteiger partial charge in [-0.3, -0.25) is 0 Å². The van der Waals surface area contributed by atoms with Crippen LogP contribution >= 0.6 is 15.9 Å². The molecule has 0 radical (unpaired) electrons. The van der Waals surface area contributed by atoms with E-state index in [9.17, 15) is 8.78 Å². The van der Waals surface area contributed by atoms with Gasteiger partial charge in [-0.2, -0.15) is 0 Å². The largest absolute Gasteiger partial charge is 0.380 e. The summed E-state index contributed by atoms with van der Waals surface area (Å²) in [5.41, 5.74) is 0.394. The quantitative estimate of drug-likeness (QED) is 0.764.